The number of alkyl halides is 2. The van der Waals surface area contributed by atoms with E-state index in [0.29, 0.717) is 11.8 Å². The van der Waals surface area contributed by atoms with E-state index in [9.17, 15) is 0 Å². The van der Waals surface area contributed by atoms with Crippen molar-refractivity contribution in [2.24, 2.45) is 11.8 Å². The maximum absolute atomic E-state index is 5.76. The van der Waals surface area contributed by atoms with Crippen LogP contribution < -0.4 is 0 Å². The maximum Gasteiger partial charge on any atom is 0.0261 e. The van der Waals surface area contributed by atoms with Gasteiger partial charge < -0.3 is 14.7 Å². The fraction of sp³-hybridized carbons (Fsp3) is 1.00. The van der Waals surface area contributed by atoms with Gasteiger partial charge in [-0.2, -0.15) is 0 Å². The summed E-state index contributed by atoms with van der Waals surface area (Å²) in [6.45, 7) is 11.4. The van der Waals surface area contributed by atoms with Crippen LogP contribution in [0, 0.1) is 11.8 Å². The van der Waals surface area contributed by atoms with Gasteiger partial charge in [-0.1, -0.05) is 13.8 Å². The molecule has 3 nitrogen and oxygen atoms in total. The lowest BCUT2D eigenvalue weighted by Crippen LogP contribution is -2.45. The lowest BCUT2D eigenvalue weighted by molar-refractivity contribution is 0.142. The molecule has 0 amide bonds. The molecule has 5 heteroatoms. The van der Waals surface area contributed by atoms with E-state index in [2.05, 4.69) is 49.7 Å². The van der Waals surface area contributed by atoms with Crippen molar-refractivity contribution in [2.45, 2.75) is 13.8 Å². The Morgan fingerprint density at radius 1 is 0.950 bits per heavy atom. The number of hydrogen-bond acceptors (Lipinski definition) is 3. The largest absolute Gasteiger partial charge is 0.309 e. The zero-order chi connectivity index (χ0) is 15.5. The molecule has 1 aliphatic rings. The summed E-state index contributed by atoms with van der Waals surface area (Å²) < 4.78 is 0. The Hall–Kier alpha value is 0.460. The van der Waals surface area contributed by atoms with Crippen molar-refractivity contribution in [2.75, 3.05) is 72.2 Å². The van der Waals surface area contributed by atoms with Gasteiger partial charge in [-0.05, 0) is 33.0 Å². The molecule has 2 unspecified atom stereocenters. The molecule has 1 fully saturated rings. The minimum Gasteiger partial charge on any atom is -0.309 e. The molecule has 0 radical (unpaired) electrons. The Labute approximate surface area is 136 Å². The average molecular weight is 326 g/mol. The van der Waals surface area contributed by atoms with Crippen molar-refractivity contribution >= 4 is 23.2 Å². The smallest absolute Gasteiger partial charge is 0.0261 e. The third kappa shape index (κ3) is 11.2. The first-order valence-corrected chi connectivity index (χ1v) is 8.63. The van der Waals surface area contributed by atoms with Crippen molar-refractivity contribution in [1.29, 1.82) is 0 Å². The Balaban J connectivity index is 0.000000396. The molecule has 0 N–H and O–H groups in total. The third-order valence-electron chi connectivity index (χ3n) is 3.37. The summed E-state index contributed by atoms with van der Waals surface area (Å²) in [6.07, 6.45) is 0. The summed E-state index contributed by atoms with van der Waals surface area (Å²) in [4.78, 5) is 7.03. The van der Waals surface area contributed by atoms with Gasteiger partial charge in [0.15, 0.2) is 0 Å². The first-order valence-electron chi connectivity index (χ1n) is 7.56. The molecular formula is C15H33Cl2N3. The second-order valence-electron chi connectivity index (χ2n) is 6.39. The van der Waals surface area contributed by atoms with E-state index in [1.165, 1.54) is 26.2 Å². The van der Waals surface area contributed by atoms with Crippen LogP contribution in [0.4, 0.5) is 0 Å². The summed E-state index contributed by atoms with van der Waals surface area (Å²) in [6, 6.07) is 0. The highest BCUT2D eigenvalue weighted by molar-refractivity contribution is 6.18. The molecule has 0 bridgehead atoms. The second kappa shape index (κ2) is 12.0. The molecule has 2 atom stereocenters. The molecule has 0 spiro atoms. The van der Waals surface area contributed by atoms with Gasteiger partial charge in [0.1, 0.15) is 0 Å². The highest BCUT2D eigenvalue weighted by Gasteiger charge is 2.15. The van der Waals surface area contributed by atoms with Crippen LogP contribution in [0.1, 0.15) is 13.8 Å². The van der Waals surface area contributed by atoms with E-state index >= 15 is 0 Å². The molecule has 1 saturated heterocycles. The quantitative estimate of drug-likeness (QED) is 0.695. The van der Waals surface area contributed by atoms with E-state index in [4.69, 9.17) is 23.2 Å². The predicted octanol–water partition coefficient (Wildman–Crippen LogP) is 2.53. The van der Waals surface area contributed by atoms with Crippen molar-refractivity contribution in [1.82, 2.24) is 14.7 Å². The normalized spacial score (nSPS) is 20.4. The molecule has 20 heavy (non-hydrogen) atoms. The van der Waals surface area contributed by atoms with E-state index in [1.54, 1.807) is 0 Å². The molecule has 0 aromatic heterocycles. The van der Waals surface area contributed by atoms with Gasteiger partial charge in [-0.15, -0.1) is 23.2 Å². The third-order valence-corrected chi connectivity index (χ3v) is 4.42. The van der Waals surface area contributed by atoms with Crippen LogP contribution in [-0.2, 0) is 0 Å². The minimum absolute atomic E-state index is 0.617. The van der Waals surface area contributed by atoms with Gasteiger partial charge in [0, 0.05) is 51.0 Å². The van der Waals surface area contributed by atoms with Crippen molar-refractivity contribution in [3.05, 3.63) is 0 Å². The van der Waals surface area contributed by atoms with Crippen molar-refractivity contribution in [3.63, 3.8) is 0 Å². The summed E-state index contributed by atoms with van der Waals surface area (Å²) >= 11 is 11.3. The lowest BCUT2D eigenvalue weighted by Gasteiger charge is -2.33. The molecule has 1 aliphatic heterocycles. The Bertz CT molecular complexity index is 219. The van der Waals surface area contributed by atoms with Crippen LogP contribution in [0.15, 0.2) is 0 Å². The van der Waals surface area contributed by atoms with Crippen LogP contribution in [0.5, 0.6) is 0 Å². The zero-order valence-electron chi connectivity index (χ0n) is 13.9. The van der Waals surface area contributed by atoms with Gasteiger partial charge in [0.2, 0.25) is 0 Å². The molecule has 0 aromatic carbocycles. The number of rotatable bonds is 6. The van der Waals surface area contributed by atoms with Crippen molar-refractivity contribution < 1.29 is 0 Å². The second-order valence-corrected chi connectivity index (χ2v) is 7.00. The topological polar surface area (TPSA) is 9.72 Å². The fourth-order valence-electron chi connectivity index (χ4n) is 2.19. The number of likely N-dealkylation sites (N-methyl/N-ethyl adjacent to an activating group) is 1. The van der Waals surface area contributed by atoms with Crippen LogP contribution in [0.2, 0.25) is 0 Å². The van der Waals surface area contributed by atoms with E-state index in [1.807, 2.05) is 0 Å². The number of nitrogens with zero attached hydrogens (tertiary/aromatic N) is 3. The van der Waals surface area contributed by atoms with Crippen LogP contribution in [0.3, 0.4) is 0 Å². The Morgan fingerprint density at radius 2 is 1.45 bits per heavy atom. The number of halogens is 2. The minimum atomic E-state index is 0.617. The standard InChI is InChI=1S/C9H19ClN2.C6H14ClN/c1-9(7-10)8-12-5-3-11(2)4-6-12;1-6(4-7)5-8(2)3/h9H,3-8H2,1-2H3;6H,4-5H2,1-3H3. The van der Waals surface area contributed by atoms with E-state index in [-0.39, 0.29) is 0 Å². The predicted molar refractivity (Wildman–Crippen MR) is 92.3 cm³/mol. The van der Waals surface area contributed by atoms with Crippen LogP contribution in [-0.4, -0.2) is 86.9 Å². The summed E-state index contributed by atoms with van der Waals surface area (Å²) in [5.41, 5.74) is 0. The van der Waals surface area contributed by atoms with Gasteiger partial charge in [-0.25, -0.2) is 0 Å². The average Bonchev–Trinajstić information content (AvgIpc) is 2.41. The molecule has 122 valence electrons. The van der Waals surface area contributed by atoms with Crippen LogP contribution in [0.25, 0.3) is 0 Å². The summed E-state index contributed by atoms with van der Waals surface area (Å²) in [7, 11) is 6.30. The van der Waals surface area contributed by atoms with Gasteiger partial charge in [0.25, 0.3) is 0 Å². The molecule has 0 aliphatic carbocycles. The highest BCUT2D eigenvalue weighted by atomic mass is 35.5. The molecular weight excluding hydrogens is 293 g/mol. The fourth-order valence-corrected chi connectivity index (χ4v) is 2.39. The molecule has 1 heterocycles. The number of piperazine rings is 1. The SMILES string of the molecule is CC(CCl)CN(C)C.CC(CCl)CN1CCN(C)CC1. The lowest BCUT2D eigenvalue weighted by atomic mass is 10.2. The summed E-state index contributed by atoms with van der Waals surface area (Å²) in [5.74, 6) is 2.80. The number of hydrogen-bond donors (Lipinski definition) is 0. The van der Waals surface area contributed by atoms with E-state index in [0.717, 1.165) is 24.8 Å². The van der Waals surface area contributed by atoms with E-state index < -0.39 is 0 Å². The molecule has 0 aromatic rings. The van der Waals surface area contributed by atoms with Crippen molar-refractivity contribution in [3.8, 4) is 0 Å². The molecule has 1 rings (SSSR count). The Kier molecular flexibility index (Phi) is 12.3. The van der Waals surface area contributed by atoms with Crippen LogP contribution >= 0.6 is 23.2 Å². The zero-order valence-corrected chi connectivity index (χ0v) is 15.4. The first-order chi connectivity index (χ1) is 9.38. The monoisotopic (exact) mass is 325 g/mol. The first kappa shape index (κ1) is 20.5. The molecule has 0 saturated carbocycles. The van der Waals surface area contributed by atoms with Gasteiger partial charge >= 0.3 is 0 Å². The summed E-state index contributed by atoms with van der Waals surface area (Å²) in [5, 5.41) is 0. The Morgan fingerprint density at radius 3 is 1.80 bits per heavy atom. The van der Waals surface area contributed by atoms with Gasteiger partial charge in [-0.3, -0.25) is 0 Å². The van der Waals surface area contributed by atoms with Gasteiger partial charge in [0.05, 0.1) is 0 Å². The maximum atomic E-state index is 5.76. The highest BCUT2D eigenvalue weighted by Crippen LogP contribution is 2.05.